The largest absolute Gasteiger partial charge is 0.439 e. The van der Waals surface area contributed by atoms with Crippen molar-refractivity contribution in [3.63, 3.8) is 0 Å². The molecular formula is C17H21ClN2O. The lowest BCUT2D eigenvalue weighted by Crippen LogP contribution is -1.97. The minimum atomic E-state index is 0.419. The first-order valence-electron chi connectivity index (χ1n) is 7.51. The van der Waals surface area contributed by atoms with Crippen molar-refractivity contribution in [2.24, 2.45) is 0 Å². The molecular weight excluding hydrogens is 284 g/mol. The van der Waals surface area contributed by atoms with Gasteiger partial charge in [-0.15, -0.1) is 0 Å². The molecule has 0 saturated heterocycles. The van der Waals surface area contributed by atoms with Crippen LogP contribution in [0.5, 0.6) is 11.6 Å². The Labute approximate surface area is 131 Å². The van der Waals surface area contributed by atoms with Crippen molar-refractivity contribution >= 4 is 11.6 Å². The molecule has 4 heteroatoms. The summed E-state index contributed by atoms with van der Waals surface area (Å²) in [6.07, 6.45) is 5.30. The second kappa shape index (κ2) is 7.99. The third-order valence-corrected chi connectivity index (χ3v) is 3.35. The summed E-state index contributed by atoms with van der Waals surface area (Å²) in [5, 5.41) is 0.419. The molecule has 0 aliphatic rings. The van der Waals surface area contributed by atoms with Gasteiger partial charge >= 0.3 is 0 Å². The van der Waals surface area contributed by atoms with Crippen LogP contribution in [-0.2, 0) is 12.8 Å². The Bertz CT molecular complexity index is 570. The van der Waals surface area contributed by atoms with Gasteiger partial charge in [-0.05, 0) is 37.0 Å². The monoisotopic (exact) mass is 304 g/mol. The molecule has 2 aromatic rings. The van der Waals surface area contributed by atoms with E-state index in [9.17, 15) is 0 Å². The molecule has 112 valence electrons. The lowest BCUT2D eigenvalue weighted by atomic mass is 10.1. The number of unbranched alkanes of at least 4 members (excludes halogenated alkanes) is 1. The second-order valence-corrected chi connectivity index (χ2v) is 5.43. The zero-order chi connectivity index (χ0) is 15.1. The van der Waals surface area contributed by atoms with E-state index in [1.807, 2.05) is 12.1 Å². The predicted octanol–water partition coefficient (Wildman–Crippen LogP) is 5.22. The lowest BCUT2D eigenvalue weighted by Gasteiger charge is -2.07. The van der Waals surface area contributed by atoms with E-state index in [-0.39, 0.29) is 0 Å². The molecule has 2 rings (SSSR count). The quantitative estimate of drug-likeness (QED) is 0.658. The molecule has 0 amide bonds. The average molecular weight is 305 g/mol. The van der Waals surface area contributed by atoms with Gasteiger partial charge in [0.2, 0.25) is 5.88 Å². The number of hydrogen-bond acceptors (Lipinski definition) is 3. The van der Waals surface area contributed by atoms with Crippen LogP contribution >= 0.6 is 11.6 Å². The summed E-state index contributed by atoms with van der Waals surface area (Å²) in [6, 6.07) is 9.79. The van der Waals surface area contributed by atoms with Crippen molar-refractivity contribution < 1.29 is 4.74 Å². The minimum absolute atomic E-state index is 0.419. The third-order valence-electron chi connectivity index (χ3n) is 3.16. The van der Waals surface area contributed by atoms with Gasteiger partial charge in [-0.2, -0.15) is 4.98 Å². The Morgan fingerprint density at radius 3 is 2.43 bits per heavy atom. The lowest BCUT2D eigenvalue weighted by molar-refractivity contribution is 0.458. The van der Waals surface area contributed by atoms with Crippen LogP contribution in [-0.4, -0.2) is 9.97 Å². The van der Waals surface area contributed by atoms with Gasteiger partial charge in [-0.25, -0.2) is 4.98 Å². The normalized spacial score (nSPS) is 10.6. The number of ether oxygens (including phenoxy) is 1. The van der Waals surface area contributed by atoms with E-state index in [0.29, 0.717) is 11.0 Å². The van der Waals surface area contributed by atoms with Crippen LogP contribution in [0.4, 0.5) is 0 Å². The van der Waals surface area contributed by atoms with Crippen molar-refractivity contribution in [2.75, 3.05) is 0 Å². The highest BCUT2D eigenvalue weighted by atomic mass is 35.5. The molecule has 1 aromatic heterocycles. The highest BCUT2D eigenvalue weighted by Crippen LogP contribution is 2.22. The standard InChI is InChI=1S/C17H21ClN2O/c1-3-5-7-13-8-10-14(11-9-13)21-17-12-15(18)19-16(20-17)6-4-2/h8-12H,3-7H2,1-2H3. The molecule has 0 spiro atoms. The summed E-state index contributed by atoms with van der Waals surface area (Å²) in [7, 11) is 0. The highest BCUT2D eigenvalue weighted by Gasteiger charge is 2.05. The van der Waals surface area contributed by atoms with Crippen molar-refractivity contribution in [3.05, 3.63) is 46.9 Å². The Morgan fingerprint density at radius 2 is 1.76 bits per heavy atom. The molecule has 1 heterocycles. The van der Waals surface area contributed by atoms with Gasteiger partial charge < -0.3 is 4.74 Å². The molecule has 3 nitrogen and oxygen atoms in total. The van der Waals surface area contributed by atoms with E-state index in [1.165, 1.54) is 18.4 Å². The first kappa shape index (κ1) is 15.8. The Morgan fingerprint density at radius 1 is 1.00 bits per heavy atom. The summed E-state index contributed by atoms with van der Waals surface area (Å²) in [5.74, 6) is 1.99. The molecule has 21 heavy (non-hydrogen) atoms. The number of hydrogen-bond donors (Lipinski definition) is 0. The first-order chi connectivity index (χ1) is 10.2. The first-order valence-corrected chi connectivity index (χ1v) is 7.89. The van der Waals surface area contributed by atoms with Crippen LogP contribution in [0, 0.1) is 0 Å². The number of rotatable bonds is 7. The van der Waals surface area contributed by atoms with Gasteiger partial charge in [-0.3, -0.25) is 0 Å². The van der Waals surface area contributed by atoms with E-state index in [1.54, 1.807) is 6.07 Å². The fourth-order valence-electron chi connectivity index (χ4n) is 2.06. The molecule has 0 unspecified atom stereocenters. The summed E-state index contributed by atoms with van der Waals surface area (Å²) in [5.41, 5.74) is 1.33. The van der Waals surface area contributed by atoms with Gasteiger partial charge in [0.05, 0.1) is 0 Å². The van der Waals surface area contributed by atoms with Crippen LogP contribution in [0.3, 0.4) is 0 Å². The van der Waals surface area contributed by atoms with E-state index < -0.39 is 0 Å². The second-order valence-electron chi connectivity index (χ2n) is 5.04. The molecule has 0 saturated carbocycles. The average Bonchev–Trinajstić information content (AvgIpc) is 2.46. The maximum absolute atomic E-state index is 6.00. The van der Waals surface area contributed by atoms with Crippen LogP contribution in [0.2, 0.25) is 5.15 Å². The van der Waals surface area contributed by atoms with Gasteiger partial charge in [-0.1, -0.05) is 44.0 Å². The summed E-state index contributed by atoms with van der Waals surface area (Å²) >= 11 is 6.00. The smallest absolute Gasteiger partial charge is 0.224 e. The zero-order valence-electron chi connectivity index (χ0n) is 12.6. The van der Waals surface area contributed by atoms with E-state index in [2.05, 4.69) is 35.9 Å². The number of aryl methyl sites for hydroxylation is 2. The maximum Gasteiger partial charge on any atom is 0.224 e. The number of benzene rings is 1. The number of nitrogens with zero attached hydrogens (tertiary/aromatic N) is 2. The maximum atomic E-state index is 6.00. The van der Waals surface area contributed by atoms with Gasteiger partial charge in [0.25, 0.3) is 0 Å². The topological polar surface area (TPSA) is 35.0 Å². The van der Waals surface area contributed by atoms with Crippen molar-refractivity contribution in [2.45, 2.75) is 46.0 Å². The summed E-state index contributed by atoms with van der Waals surface area (Å²) in [4.78, 5) is 8.56. The summed E-state index contributed by atoms with van der Waals surface area (Å²) in [6.45, 7) is 4.28. The highest BCUT2D eigenvalue weighted by molar-refractivity contribution is 6.29. The van der Waals surface area contributed by atoms with Crippen molar-refractivity contribution in [1.29, 1.82) is 0 Å². The summed E-state index contributed by atoms with van der Waals surface area (Å²) < 4.78 is 5.77. The van der Waals surface area contributed by atoms with E-state index in [0.717, 1.165) is 30.8 Å². The van der Waals surface area contributed by atoms with E-state index in [4.69, 9.17) is 16.3 Å². The molecule has 0 N–H and O–H groups in total. The Kier molecular flexibility index (Phi) is 6.00. The van der Waals surface area contributed by atoms with Gasteiger partial charge in [0.1, 0.15) is 16.7 Å². The van der Waals surface area contributed by atoms with Crippen LogP contribution in [0.15, 0.2) is 30.3 Å². The van der Waals surface area contributed by atoms with Crippen LogP contribution in [0.25, 0.3) is 0 Å². The minimum Gasteiger partial charge on any atom is -0.439 e. The Balaban J connectivity index is 2.07. The van der Waals surface area contributed by atoms with Crippen molar-refractivity contribution in [3.8, 4) is 11.6 Å². The van der Waals surface area contributed by atoms with Crippen LogP contribution in [0.1, 0.15) is 44.5 Å². The Hall–Kier alpha value is -1.61. The zero-order valence-corrected chi connectivity index (χ0v) is 13.4. The predicted molar refractivity (Wildman–Crippen MR) is 86.2 cm³/mol. The SMILES string of the molecule is CCCCc1ccc(Oc2cc(Cl)nc(CCC)n2)cc1. The molecule has 0 atom stereocenters. The number of halogens is 1. The van der Waals surface area contributed by atoms with Gasteiger partial charge in [0.15, 0.2) is 0 Å². The third kappa shape index (κ3) is 5.01. The molecule has 0 fully saturated rings. The van der Waals surface area contributed by atoms with E-state index >= 15 is 0 Å². The van der Waals surface area contributed by atoms with Crippen LogP contribution < -0.4 is 4.74 Å². The molecule has 0 radical (unpaired) electrons. The molecule has 1 aromatic carbocycles. The van der Waals surface area contributed by atoms with Crippen molar-refractivity contribution in [1.82, 2.24) is 9.97 Å². The molecule has 0 aliphatic heterocycles. The number of aromatic nitrogens is 2. The molecule has 0 aliphatic carbocycles. The fourth-order valence-corrected chi connectivity index (χ4v) is 2.25. The fraction of sp³-hybridized carbons (Fsp3) is 0.412. The van der Waals surface area contributed by atoms with Gasteiger partial charge in [0, 0.05) is 12.5 Å². The molecule has 0 bridgehead atoms.